The summed E-state index contributed by atoms with van der Waals surface area (Å²) >= 11 is 5.05. The number of hydrogen-bond acceptors (Lipinski definition) is 9. The maximum Gasteiger partial charge on any atom is 1.00 e. The molecule has 2 unspecified atom stereocenters. The van der Waals surface area contributed by atoms with Gasteiger partial charge in [0.05, 0.1) is 17.7 Å². The number of nitrogens with one attached hydrogen (secondary N) is 1. The normalized spacial score (nSPS) is 11.8. The van der Waals surface area contributed by atoms with Gasteiger partial charge in [-0.2, -0.15) is 0 Å². The Morgan fingerprint density at radius 3 is 2.33 bits per heavy atom. The molecule has 1 N–H and O–H groups in total. The first kappa shape index (κ1) is 29.2. The zero-order chi connectivity index (χ0) is 22.5. The molecule has 2 atom stereocenters. The third kappa shape index (κ3) is 7.06. The van der Waals surface area contributed by atoms with Gasteiger partial charge in [-0.1, -0.05) is 6.07 Å². The topological polar surface area (TPSA) is 133 Å². The average molecular weight is 484 g/mol. The summed E-state index contributed by atoms with van der Waals surface area (Å²) in [5, 5.41) is 25.5. The van der Waals surface area contributed by atoms with Gasteiger partial charge in [-0.15, -0.1) is 5.10 Å². The fourth-order valence-corrected chi connectivity index (χ4v) is 3.23. The van der Waals surface area contributed by atoms with Gasteiger partial charge in [0.1, 0.15) is 12.3 Å². The van der Waals surface area contributed by atoms with E-state index >= 15 is 0 Å². The predicted molar refractivity (Wildman–Crippen MR) is 112 cm³/mol. The van der Waals surface area contributed by atoms with E-state index in [1.54, 1.807) is 55.5 Å². The van der Waals surface area contributed by atoms with Crippen molar-refractivity contribution in [2.45, 2.75) is 31.1 Å². The number of carboxylic acids is 1. The summed E-state index contributed by atoms with van der Waals surface area (Å²) in [4.78, 5) is 36.8. The number of carbonyl (C=O) groups is 3. The van der Waals surface area contributed by atoms with Gasteiger partial charge >= 0.3 is 59.1 Å². The number of hydrogen-bond donors (Lipinski definition) is 1. The van der Waals surface area contributed by atoms with E-state index in [0.29, 0.717) is 28.9 Å². The van der Waals surface area contributed by atoms with Gasteiger partial charge in [0.2, 0.25) is 5.91 Å². The van der Waals surface area contributed by atoms with Gasteiger partial charge in [-0.3, -0.25) is 9.59 Å². The van der Waals surface area contributed by atoms with Gasteiger partial charge in [-0.25, -0.2) is 4.68 Å². The van der Waals surface area contributed by atoms with Crippen LogP contribution in [0.1, 0.15) is 24.2 Å². The van der Waals surface area contributed by atoms with Gasteiger partial charge in [0, 0.05) is 22.1 Å². The van der Waals surface area contributed by atoms with Crippen molar-refractivity contribution in [1.29, 1.82) is 0 Å². The van der Waals surface area contributed by atoms with Crippen LogP contribution < -0.4 is 74.4 Å². The van der Waals surface area contributed by atoms with Crippen molar-refractivity contribution < 1.29 is 78.6 Å². The van der Waals surface area contributed by atoms with E-state index in [4.69, 9.17) is 12.6 Å². The Morgan fingerprint density at radius 1 is 1.12 bits per heavy atom. The molecule has 1 aromatic heterocycles. The van der Waals surface area contributed by atoms with E-state index < -0.39 is 24.0 Å². The number of aldehydes is 1. The Hall–Kier alpha value is -1.86. The molecule has 3 rings (SSSR count). The van der Waals surface area contributed by atoms with E-state index in [9.17, 15) is 19.5 Å². The molecule has 0 saturated carbocycles. The minimum atomic E-state index is -1.34. The zero-order valence-corrected chi connectivity index (χ0v) is 23.4. The molecule has 0 spiro atoms. The molecule has 0 saturated heterocycles. The Kier molecular flexibility index (Phi) is 11.6. The zero-order valence-electron chi connectivity index (χ0n) is 18.6. The number of benzene rings is 2. The molecule has 0 radical (unpaired) electrons. The maximum atomic E-state index is 13.0. The summed E-state index contributed by atoms with van der Waals surface area (Å²) in [7, 11) is 0. The standard InChI is InChI=1S/C20H20N6O4S.2Na/c1-12(25(13(2)19(29)30)16-8-6-14(11-27)7-9-16)18(28)21-15-4-3-5-17(10-15)26-20(31)22-23-24-26;;/h3-13H,1-2H3,(H,21,28)(H,29,30)(H,22,24,31);;/q;2*+1/p-2. The smallest absolute Gasteiger partial charge is 0.738 e. The first-order valence-electron chi connectivity index (χ1n) is 9.23. The number of amides is 1. The van der Waals surface area contributed by atoms with Gasteiger partial charge in [0.25, 0.3) is 0 Å². The second-order valence-corrected chi connectivity index (χ2v) is 7.07. The number of anilines is 2. The fourth-order valence-electron chi connectivity index (χ4n) is 3.05. The molecule has 3 aromatic rings. The van der Waals surface area contributed by atoms with Crippen LogP contribution in [0.5, 0.6) is 0 Å². The Labute approximate surface area is 240 Å². The van der Waals surface area contributed by atoms with Crippen LogP contribution in [0.15, 0.2) is 53.7 Å². The number of carbonyl (C=O) groups excluding carboxylic acids is 3. The van der Waals surface area contributed by atoms with Gasteiger partial charge in [-0.05, 0) is 66.7 Å². The molecular formula is C20H18N6Na2O4S. The summed E-state index contributed by atoms with van der Waals surface area (Å²) in [6.45, 7) is 3.01. The van der Waals surface area contributed by atoms with E-state index in [-0.39, 0.29) is 64.3 Å². The third-order valence-electron chi connectivity index (χ3n) is 4.68. The first-order valence-corrected chi connectivity index (χ1v) is 9.63. The molecule has 0 aliphatic carbocycles. The van der Waals surface area contributed by atoms with Crippen LogP contribution in [-0.2, 0) is 22.2 Å². The second-order valence-electron chi connectivity index (χ2n) is 6.70. The average Bonchev–Trinajstić information content (AvgIpc) is 3.20. The van der Waals surface area contributed by atoms with Crippen LogP contribution in [0.2, 0.25) is 0 Å². The molecule has 0 aliphatic rings. The number of aromatic nitrogens is 4. The molecule has 1 amide bonds. The molecule has 160 valence electrons. The fraction of sp³-hybridized carbons (Fsp3) is 0.200. The summed E-state index contributed by atoms with van der Waals surface area (Å²) in [6, 6.07) is 11.0. The van der Waals surface area contributed by atoms with Gasteiger partial charge in [0.15, 0.2) is 0 Å². The Bertz CT molecular complexity index is 1110. The summed E-state index contributed by atoms with van der Waals surface area (Å²) in [5.74, 6) is -1.78. The molecule has 1 heterocycles. The number of tetrazole rings is 1. The van der Waals surface area contributed by atoms with E-state index in [0.717, 1.165) is 0 Å². The largest absolute Gasteiger partial charge is 1.00 e. The number of nitrogens with zero attached hydrogens (tertiary/aromatic N) is 5. The molecule has 33 heavy (non-hydrogen) atoms. The minimum absolute atomic E-state index is 0. The van der Waals surface area contributed by atoms with Crippen molar-refractivity contribution in [3.63, 3.8) is 0 Å². The molecule has 10 nitrogen and oxygen atoms in total. The predicted octanol–water partition coefficient (Wildman–Crippen LogP) is -5.64. The van der Waals surface area contributed by atoms with Crippen molar-refractivity contribution in [3.8, 4) is 5.69 Å². The molecule has 0 fully saturated rings. The van der Waals surface area contributed by atoms with Gasteiger partial charge < -0.3 is 32.7 Å². The van der Waals surface area contributed by atoms with Crippen LogP contribution in [0, 0.1) is 0 Å². The van der Waals surface area contributed by atoms with E-state index in [1.807, 2.05) is 0 Å². The van der Waals surface area contributed by atoms with Crippen LogP contribution in [-0.4, -0.2) is 50.5 Å². The molecule has 0 bridgehead atoms. The molecule has 0 aliphatic heterocycles. The van der Waals surface area contributed by atoms with Crippen LogP contribution in [0.4, 0.5) is 11.4 Å². The SMILES string of the molecule is CC(C(=O)[O-])N(c1ccc(C=O)cc1)C(C)C(=O)Nc1cccc(-n2nnnc2[S-])c1.[Na+].[Na+]. The number of aliphatic carboxylic acids is 1. The van der Waals surface area contributed by atoms with Crippen molar-refractivity contribution in [1.82, 2.24) is 20.2 Å². The molecular weight excluding hydrogens is 466 g/mol. The van der Waals surface area contributed by atoms with Crippen molar-refractivity contribution in [2.75, 3.05) is 10.2 Å². The van der Waals surface area contributed by atoms with E-state index in [2.05, 4.69) is 20.8 Å². The summed E-state index contributed by atoms with van der Waals surface area (Å²) in [6.07, 6.45) is 0.679. The first-order chi connectivity index (χ1) is 14.8. The van der Waals surface area contributed by atoms with Crippen LogP contribution in [0.25, 0.3) is 5.69 Å². The molecule has 2 aromatic carbocycles. The monoisotopic (exact) mass is 484 g/mol. The summed E-state index contributed by atoms with van der Waals surface area (Å²) in [5.41, 5.74) is 1.91. The minimum Gasteiger partial charge on any atom is -0.738 e. The number of carboxylic acid groups (broad SMARTS) is 1. The van der Waals surface area contributed by atoms with Crippen molar-refractivity contribution in [2.24, 2.45) is 0 Å². The van der Waals surface area contributed by atoms with E-state index in [1.165, 1.54) is 16.5 Å². The van der Waals surface area contributed by atoms with Crippen LogP contribution in [0.3, 0.4) is 0 Å². The quantitative estimate of drug-likeness (QED) is 0.189. The third-order valence-corrected chi connectivity index (χ3v) is 4.94. The maximum absolute atomic E-state index is 13.0. The van der Waals surface area contributed by atoms with Crippen molar-refractivity contribution in [3.05, 3.63) is 54.1 Å². The number of rotatable bonds is 8. The second kappa shape index (κ2) is 13.1. The molecule has 13 heteroatoms. The van der Waals surface area contributed by atoms with Crippen LogP contribution >= 0.6 is 0 Å². The summed E-state index contributed by atoms with van der Waals surface area (Å²) < 4.78 is 1.34. The Balaban J connectivity index is 0.00000272. The Morgan fingerprint density at radius 2 is 1.79 bits per heavy atom. The van der Waals surface area contributed by atoms with Crippen molar-refractivity contribution >= 4 is 42.2 Å².